The summed E-state index contributed by atoms with van der Waals surface area (Å²) in [5.74, 6) is -0.517. The molecule has 0 radical (unpaired) electrons. The van der Waals surface area contributed by atoms with E-state index in [0.717, 1.165) is 0 Å². The van der Waals surface area contributed by atoms with Crippen LogP contribution in [0, 0.1) is 0 Å². The lowest BCUT2D eigenvalue weighted by atomic mass is 10.6. The Kier molecular flexibility index (Phi) is 3.42. The number of carbonyl (C=O) groups excluding carboxylic acids is 1. The van der Waals surface area contributed by atoms with Crippen LogP contribution in [0.1, 0.15) is 0 Å². The van der Waals surface area contributed by atoms with Gasteiger partial charge in [0.25, 0.3) is 5.91 Å². The molecule has 5 nitrogen and oxygen atoms in total. The van der Waals surface area contributed by atoms with E-state index in [2.05, 4.69) is 4.99 Å². The zero-order valence-electron chi connectivity index (χ0n) is 6.16. The van der Waals surface area contributed by atoms with Crippen molar-refractivity contribution in [2.75, 3.05) is 20.6 Å². The number of nitrogens with zero attached hydrogens (tertiary/aromatic N) is 2. The molecule has 0 aliphatic rings. The molecule has 0 saturated carbocycles. The van der Waals surface area contributed by atoms with Crippen LogP contribution in [-0.2, 0) is 4.79 Å². The zero-order valence-corrected chi connectivity index (χ0v) is 6.16. The highest BCUT2D eigenvalue weighted by molar-refractivity contribution is 5.92. The van der Waals surface area contributed by atoms with Crippen LogP contribution in [0.4, 0.5) is 0 Å². The number of guanidine groups is 1. The number of nitrogens with two attached hydrogens (primary N) is 2. The van der Waals surface area contributed by atoms with Crippen molar-refractivity contribution in [1.82, 2.24) is 4.90 Å². The van der Waals surface area contributed by atoms with Crippen molar-refractivity contribution in [3.63, 3.8) is 0 Å². The van der Waals surface area contributed by atoms with Gasteiger partial charge in [-0.1, -0.05) is 0 Å². The molecule has 0 heterocycles. The van der Waals surface area contributed by atoms with Gasteiger partial charge in [0.15, 0.2) is 5.96 Å². The quantitative estimate of drug-likeness (QED) is 0.359. The van der Waals surface area contributed by atoms with E-state index in [1.807, 2.05) is 0 Å². The molecule has 0 saturated heterocycles. The lowest BCUT2D eigenvalue weighted by molar-refractivity contribution is -0.118. The van der Waals surface area contributed by atoms with Crippen LogP contribution in [0.2, 0.25) is 0 Å². The van der Waals surface area contributed by atoms with Gasteiger partial charge >= 0.3 is 0 Å². The van der Waals surface area contributed by atoms with Crippen LogP contribution in [0.3, 0.4) is 0 Å². The summed E-state index contributed by atoms with van der Waals surface area (Å²) in [5, 5.41) is 0. The summed E-state index contributed by atoms with van der Waals surface area (Å²) in [4.78, 5) is 15.7. The molecule has 1 amide bonds. The Labute approximate surface area is 59.7 Å². The Hall–Kier alpha value is -1.10. The minimum Gasteiger partial charge on any atom is -0.370 e. The molecular formula is C5H12N4O. The fourth-order valence-corrected chi connectivity index (χ4v) is 0.450. The van der Waals surface area contributed by atoms with Crippen molar-refractivity contribution >= 4 is 11.9 Å². The first-order chi connectivity index (χ1) is 4.52. The minimum absolute atomic E-state index is 0.188. The van der Waals surface area contributed by atoms with Gasteiger partial charge in [-0.25, -0.2) is 0 Å². The second kappa shape index (κ2) is 3.84. The first-order valence-electron chi connectivity index (χ1n) is 2.79. The number of hydrogen-bond acceptors (Lipinski definition) is 2. The molecule has 10 heavy (non-hydrogen) atoms. The van der Waals surface area contributed by atoms with E-state index in [1.54, 1.807) is 19.0 Å². The maximum absolute atomic E-state index is 10.7. The van der Waals surface area contributed by atoms with Crippen LogP contribution in [0.5, 0.6) is 0 Å². The first kappa shape index (κ1) is 8.90. The van der Waals surface area contributed by atoms with E-state index < -0.39 is 0 Å². The second-order valence-electron chi connectivity index (χ2n) is 2.17. The lowest BCUT2D eigenvalue weighted by Gasteiger charge is -2.03. The Bertz CT molecular complexity index is 148. The van der Waals surface area contributed by atoms with E-state index >= 15 is 0 Å². The average Bonchev–Trinajstić information content (AvgIpc) is 1.58. The molecule has 0 spiro atoms. The van der Waals surface area contributed by atoms with Gasteiger partial charge in [-0.15, -0.1) is 0 Å². The molecule has 0 aliphatic carbocycles. The molecule has 5 heteroatoms. The van der Waals surface area contributed by atoms with Crippen molar-refractivity contribution in [3.8, 4) is 0 Å². The largest absolute Gasteiger partial charge is 0.370 e. The highest BCUT2D eigenvalue weighted by Crippen LogP contribution is 1.77. The molecule has 0 fully saturated rings. The second-order valence-corrected chi connectivity index (χ2v) is 2.17. The monoisotopic (exact) mass is 144 g/mol. The van der Waals surface area contributed by atoms with Crippen LogP contribution in [0.15, 0.2) is 4.99 Å². The third-order valence-electron chi connectivity index (χ3n) is 0.705. The van der Waals surface area contributed by atoms with Crippen molar-refractivity contribution in [2.24, 2.45) is 16.5 Å². The molecule has 0 rings (SSSR count). The predicted molar refractivity (Wildman–Crippen MR) is 39.4 cm³/mol. The van der Waals surface area contributed by atoms with E-state index in [1.165, 1.54) is 0 Å². The van der Waals surface area contributed by atoms with E-state index in [4.69, 9.17) is 11.5 Å². The SMILES string of the molecule is CN(C)CC(=O)N=C(N)N. The normalized spacial score (nSPS) is 9.50. The number of likely N-dealkylation sites (N-methyl/N-ethyl adjacent to an activating group) is 1. The molecule has 4 N–H and O–H groups in total. The Morgan fingerprint density at radius 1 is 1.50 bits per heavy atom. The van der Waals surface area contributed by atoms with Crippen LogP contribution in [0.25, 0.3) is 0 Å². The summed E-state index contributed by atoms with van der Waals surface area (Å²) in [6, 6.07) is 0. The van der Waals surface area contributed by atoms with Crippen LogP contribution in [-0.4, -0.2) is 37.4 Å². The smallest absolute Gasteiger partial charge is 0.262 e. The molecule has 0 atom stereocenters. The fourth-order valence-electron chi connectivity index (χ4n) is 0.450. The van der Waals surface area contributed by atoms with Crippen molar-refractivity contribution in [2.45, 2.75) is 0 Å². The minimum atomic E-state index is -0.329. The molecule has 58 valence electrons. The molecular weight excluding hydrogens is 132 g/mol. The third-order valence-corrected chi connectivity index (χ3v) is 0.705. The van der Waals surface area contributed by atoms with Crippen molar-refractivity contribution < 1.29 is 4.79 Å². The summed E-state index contributed by atoms with van der Waals surface area (Å²) >= 11 is 0. The number of aliphatic imine (C=N–C) groups is 1. The number of amides is 1. The molecule has 0 bridgehead atoms. The fraction of sp³-hybridized carbons (Fsp3) is 0.600. The van der Waals surface area contributed by atoms with E-state index in [-0.39, 0.29) is 18.4 Å². The standard InChI is InChI=1S/C5H12N4O/c1-9(2)3-4(10)8-5(6)7/h3H2,1-2H3,(H4,6,7,8,10). The van der Waals surface area contributed by atoms with Gasteiger partial charge < -0.3 is 16.4 Å². The van der Waals surface area contributed by atoms with Gasteiger partial charge in [0.1, 0.15) is 0 Å². The van der Waals surface area contributed by atoms with Crippen LogP contribution >= 0.6 is 0 Å². The molecule has 0 unspecified atom stereocenters. The van der Waals surface area contributed by atoms with E-state index in [9.17, 15) is 4.79 Å². The van der Waals surface area contributed by atoms with Crippen molar-refractivity contribution in [1.29, 1.82) is 0 Å². The maximum atomic E-state index is 10.7. The highest BCUT2D eigenvalue weighted by atomic mass is 16.1. The number of rotatable bonds is 2. The maximum Gasteiger partial charge on any atom is 0.262 e. The topological polar surface area (TPSA) is 84.7 Å². The van der Waals surface area contributed by atoms with Gasteiger partial charge in [-0.3, -0.25) is 4.79 Å². The molecule has 0 aromatic carbocycles. The first-order valence-corrected chi connectivity index (χ1v) is 2.79. The van der Waals surface area contributed by atoms with Gasteiger partial charge in [0.05, 0.1) is 6.54 Å². The average molecular weight is 144 g/mol. The van der Waals surface area contributed by atoms with E-state index in [0.29, 0.717) is 0 Å². The van der Waals surface area contributed by atoms with Gasteiger partial charge in [0.2, 0.25) is 0 Å². The summed E-state index contributed by atoms with van der Waals surface area (Å²) in [6.07, 6.45) is 0. The van der Waals surface area contributed by atoms with Gasteiger partial charge in [-0.05, 0) is 14.1 Å². The van der Waals surface area contributed by atoms with Gasteiger partial charge in [-0.2, -0.15) is 4.99 Å². The molecule has 0 aromatic rings. The Morgan fingerprint density at radius 2 is 2.00 bits per heavy atom. The number of carbonyl (C=O) groups is 1. The highest BCUT2D eigenvalue weighted by Gasteiger charge is 1.99. The summed E-state index contributed by atoms with van der Waals surface area (Å²) in [6.45, 7) is 0.234. The molecule has 0 aromatic heterocycles. The Balaban J connectivity index is 3.76. The summed E-state index contributed by atoms with van der Waals surface area (Å²) in [7, 11) is 3.53. The molecule has 0 aliphatic heterocycles. The zero-order chi connectivity index (χ0) is 8.15. The van der Waals surface area contributed by atoms with Crippen molar-refractivity contribution in [3.05, 3.63) is 0 Å². The number of hydrogen-bond donors (Lipinski definition) is 2. The summed E-state index contributed by atoms with van der Waals surface area (Å²) < 4.78 is 0. The third kappa shape index (κ3) is 5.04. The lowest BCUT2D eigenvalue weighted by Crippen LogP contribution is -2.27. The Morgan fingerprint density at radius 3 is 2.30 bits per heavy atom. The van der Waals surface area contributed by atoms with Crippen LogP contribution < -0.4 is 11.5 Å². The summed E-state index contributed by atoms with van der Waals surface area (Å²) in [5.41, 5.74) is 9.91. The predicted octanol–water partition coefficient (Wildman–Crippen LogP) is -1.65. The van der Waals surface area contributed by atoms with Gasteiger partial charge in [0, 0.05) is 0 Å².